The number of hydrogen-bond donors (Lipinski definition) is 0. The maximum atomic E-state index is 4.62. The summed E-state index contributed by atoms with van der Waals surface area (Å²) in [6.07, 6.45) is 5.72. The summed E-state index contributed by atoms with van der Waals surface area (Å²) in [6, 6.07) is 4.15. The number of imidazole rings is 1. The lowest BCUT2D eigenvalue weighted by molar-refractivity contribution is 0.479. The molecule has 0 radical (unpaired) electrons. The number of guanidine groups is 1. The number of fused-ring (bicyclic) bond motifs is 1. The highest BCUT2D eigenvalue weighted by Crippen LogP contribution is 2.07. The lowest BCUT2D eigenvalue weighted by Crippen LogP contribution is -2.35. The number of hydrogen-bond acceptors (Lipinski definition) is 2. The zero-order valence-corrected chi connectivity index (χ0v) is 11.3. The van der Waals surface area contributed by atoms with E-state index in [4.69, 9.17) is 0 Å². The van der Waals surface area contributed by atoms with E-state index in [0.29, 0.717) is 6.54 Å². The summed E-state index contributed by atoms with van der Waals surface area (Å²) < 4.78 is 2.01. The average Bonchev–Trinajstić information content (AvgIpc) is 2.75. The first-order valence-corrected chi connectivity index (χ1v) is 5.87. The predicted octanol–water partition coefficient (Wildman–Crippen LogP) is 1.31. The zero-order valence-electron chi connectivity index (χ0n) is 11.3. The Morgan fingerprint density at radius 3 is 2.61 bits per heavy atom. The van der Waals surface area contributed by atoms with Gasteiger partial charge in [0.15, 0.2) is 5.96 Å². The lowest BCUT2D eigenvalue weighted by atomic mass is 10.3. The summed E-state index contributed by atoms with van der Waals surface area (Å²) in [4.78, 5) is 12.7. The Kier molecular flexibility index (Phi) is 3.50. The van der Waals surface area contributed by atoms with Crippen LogP contribution in [0.4, 0.5) is 0 Å². The van der Waals surface area contributed by atoms with Crippen molar-refractivity contribution in [3.8, 4) is 0 Å². The molecule has 2 aromatic rings. The third kappa shape index (κ3) is 2.61. The van der Waals surface area contributed by atoms with Crippen LogP contribution in [0.15, 0.2) is 35.8 Å². The van der Waals surface area contributed by atoms with Crippen LogP contribution in [-0.4, -0.2) is 53.3 Å². The molecule has 0 saturated heterocycles. The number of pyridine rings is 1. The summed E-state index contributed by atoms with van der Waals surface area (Å²) >= 11 is 0. The van der Waals surface area contributed by atoms with E-state index in [1.54, 1.807) is 6.33 Å². The minimum absolute atomic E-state index is 0.666. The second kappa shape index (κ2) is 5.08. The van der Waals surface area contributed by atoms with E-state index in [1.807, 2.05) is 48.6 Å². The lowest BCUT2D eigenvalue weighted by Gasteiger charge is -2.22. The summed E-state index contributed by atoms with van der Waals surface area (Å²) in [6.45, 7) is 0.666. The number of rotatable bonds is 2. The van der Waals surface area contributed by atoms with Crippen molar-refractivity contribution in [2.75, 3.05) is 28.2 Å². The van der Waals surface area contributed by atoms with Gasteiger partial charge in [-0.3, -0.25) is 0 Å². The van der Waals surface area contributed by atoms with Gasteiger partial charge in [0, 0.05) is 34.4 Å². The first kappa shape index (κ1) is 12.4. The molecule has 2 rings (SSSR count). The fraction of sp³-hybridized carbons (Fsp3) is 0.385. The highest BCUT2D eigenvalue weighted by Gasteiger charge is 2.04. The Morgan fingerprint density at radius 2 is 1.94 bits per heavy atom. The highest BCUT2D eigenvalue weighted by molar-refractivity contribution is 5.79. The van der Waals surface area contributed by atoms with Crippen LogP contribution in [0.3, 0.4) is 0 Å². The third-order valence-corrected chi connectivity index (χ3v) is 2.67. The largest absolute Gasteiger partial charge is 0.349 e. The number of aliphatic imine (C=N–C) groups is 1. The van der Waals surface area contributed by atoms with E-state index in [0.717, 1.165) is 11.5 Å². The molecule has 0 aromatic carbocycles. The van der Waals surface area contributed by atoms with Crippen molar-refractivity contribution < 1.29 is 0 Å². The average molecular weight is 245 g/mol. The Bertz CT molecular complexity index is 543. The molecule has 0 aliphatic carbocycles. The van der Waals surface area contributed by atoms with Gasteiger partial charge in [-0.15, -0.1) is 0 Å². The second-order valence-electron chi connectivity index (χ2n) is 4.67. The van der Waals surface area contributed by atoms with Crippen LogP contribution in [0, 0.1) is 0 Å². The van der Waals surface area contributed by atoms with E-state index < -0.39 is 0 Å². The van der Waals surface area contributed by atoms with Gasteiger partial charge in [-0.25, -0.2) is 9.98 Å². The van der Waals surface area contributed by atoms with Gasteiger partial charge in [0.25, 0.3) is 0 Å². The Morgan fingerprint density at radius 1 is 1.22 bits per heavy atom. The quantitative estimate of drug-likeness (QED) is 0.591. The molecule has 0 fully saturated rings. The van der Waals surface area contributed by atoms with Crippen molar-refractivity contribution in [3.05, 3.63) is 36.4 Å². The maximum absolute atomic E-state index is 4.62. The molecule has 0 unspecified atom stereocenters. The van der Waals surface area contributed by atoms with Crippen molar-refractivity contribution in [1.82, 2.24) is 19.2 Å². The first-order chi connectivity index (χ1) is 8.58. The van der Waals surface area contributed by atoms with Gasteiger partial charge in [-0.05, 0) is 11.6 Å². The molecule has 5 nitrogen and oxygen atoms in total. The Labute approximate surface area is 107 Å². The van der Waals surface area contributed by atoms with Crippen molar-refractivity contribution >= 4 is 11.5 Å². The van der Waals surface area contributed by atoms with Gasteiger partial charge in [0.1, 0.15) is 0 Å². The van der Waals surface area contributed by atoms with Crippen LogP contribution in [-0.2, 0) is 6.54 Å². The van der Waals surface area contributed by atoms with Crippen molar-refractivity contribution in [2.24, 2.45) is 4.99 Å². The maximum Gasteiger partial charge on any atom is 0.195 e. The van der Waals surface area contributed by atoms with E-state index in [1.165, 1.54) is 5.56 Å². The summed E-state index contributed by atoms with van der Waals surface area (Å²) in [5.41, 5.74) is 2.27. The van der Waals surface area contributed by atoms with Gasteiger partial charge in [0.2, 0.25) is 0 Å². The van der Waals surface area contributed by atoms with Gasteiger partial charge < -0.3 is 14.2 Å². The normalized spacial score (nSPS) is 10.4. The monoisotopic (exact) mass is 245 g/mol. The van der Waals surface area contributed by atoms with Crippen LogP contribution in [0.5, 0.6) is 0 Å². The van der Waals surface area contributed by atoms with E-state index in [2.05, 4.69) is 28.3 Å². The van der Waals surface area contributed by atoms with Crippen molar-refractivity contribution in [3.63, 3.8) is 0 Å². The molecule has 2 aromatic heterocycles. The molecule has 0 atom stereocenters. The third-order valence-electron chi connectivity index (χ3n) is 2.67. The Hall–Kier alpha value is -2.04. The minimum Gasteiger partial charge on any atom is -0.349 e. The highest BCUT2D eigenvalue weighted by atomic mass is 15.3. The van der Waals surface area contributed by atoms with Crippen molar-refractivity contribution in [2.45, 2.75) is 6.54 Å². The molecule has 0 aliphatic rings. The number of aromatic nitrogens is 2. The Balaban J connectivity index is 2.19. The standard InChI is InChI=1S/C13H19N5/c1-16(2)13(17(3)4)15-7-11-5-6-12-8-14-10-18(12)9-11/h5-6,8-10H,7H2,1-4H3. The van der Waals surface area contributed by atoms with Crippen LogP contribution in [0.25, 0.3) is 5.52 Å². The van der Waals surface area contributed by atoms with Gasteiger partial charge in [-0.1, -0.05) is 6.07 Å². The van der Waals surface area contributed by atoms with E-state index in [9.17, 15) is 0 Å². The smallest absolute Gasteiger partial charge is 0.195 e. The van der Waals surface area contributed by atoms with Gasteiger partial charge in [0.05, 0.1) is 24.6 Å². The first-order valence-electron chi connectivity index (χ1n) is 5.87. The molecule has 96 valence electrons. The molecule has 2 heterocycles. The zero-order chi connectivity index (χ0) is 13.1. The molecular weight excluding hydrogens is 226 g/mol. The van der Waals surface area contributed by atoms with Crippen LogP contribution in [0.1, 0.15) is 5.56 Å². The molecule has 0 amide bonds. The van der Waals surface area contributed by atoms with Crippen LogP contribution >= 0.6 is 0 Å². The molecule has 0 spiro atoms. The predicted molar refractivity (Wildman–Crippen MR) is 73.7 cm³/mol. The summed E-state index contributed by atoms with van der Waals surface area (Å²) in [5.74, 6) is 0.959. The fourth-order valence-electron chi connectivity index (χ4n) is 1.90. The van der Waals surface area contributed by atoms with Gasteiger partial charge in [-0.2, -0.15) is 0 Å². The van der Waals surface area contributed by atoms with Crippen LogP contribution in [0.2, 0.25) is 0 Å². The molecule has 18 heavy (non-hydrogen) atoms. The second-order valence-corrected chi connectivity index (χ2v) is 4.67. The molecular formula is C13H19N5. The van der Waals surface area contributed by atoms with Crippen molar-refractivity contribution in [1.29, 1.82) is 0 Å². The molecule has 0 N–H and O–H groups in total. The van der Waals surface area contributed by atoms with Crippen LogP contribution < -0.4 is 0 Å². The minimum atomic E-state index is 0.666. The molecule has 5 heteroatoms. The van der Waals surface area contributed by atoms with E-state index in [-0.39, 0.29) is 0 Å². The molecule has 0 saturated carbocycles. The van der Waals surface area contributed by atoms with Gasteiger partial charge >= 0.3 is 0 Å². The molecule has 0 bridgehead atoms. The number of nitrogens with zero attached hydrogens (tertiary/aromatic N) is 5. The summed E-state index contributed by atoms with van der Waals surface area (Å²) in [7, 11) is 7.99. The summed E-state index contributed by atoms with van der Waals surface area (Å²) in [5, 5.41) is 0. The van der Waals surface area contributed by atoms with E-state index >= 15 is 0 Å². The topological polar surface area (TPSA) is 36.1 Å². The molecule has 0 aliphatic heterocycles. The fourth-order valence-corrected chi connectivity index (χ4v) is 1.90. The SMILES string of the molecule is CN(C)C(=NCc1ccc2cncn2c1)N(C)C.